The van der Waals surface area contributed by atoms with E-state index in [0.29, 0.717) is 30.2 Å². The molecule has 6 heteroatoms. The molecule has 0 aliphatic carbocycles. The molecule has 4 rings (SSSR count). The summed E-state index contributed by atoms with van der Waals surface area (Å²) in [4.78, 5) is 12.7. The lowest BCUT2D eigenvalue weighted by Gasteiger charge is -2.13. The molecular formula is C26H25N3O3. The lowest BCUT2D eigenvalue weighted by Crippen LogP contribution is -2.23. The van der Waals surface area contributed by atoms with Crippen LogP contribution in [0.25, 0.3) is 5.69 Å². The summed E-state index contributed by atoms with van der Waals surface area (Å²) in [6, 6.07) is 25.4. The van der Waals surface area contributed by atoms with Gasteiger partial charge in [0.1, 0.15) is 6.61 Å². The van der Waals surface area contributed by atoms with Gasteiger partial charge in [-0.15, -0.1) is 0 Å². The standard InChI is InChI=1S/C26H25N3O3/c1-19-23(17-28-29(19)22-11-7-4-8-12-22)26(30)27-16-21-13-14-24(25(15-21)31-2)32-18-20-9-5-3-6-10-20/h3-15,17H,16,18H2,1-2H3,(H,27,30). The zero-order valence-corrected chi connectivity index (χ0v) is 18.1. The molecule has 0 saturated carbocycles. The lowest BCUT2D eigenvalue weighted by molar-refractivity contribution is 0.0950. The van der Waals surface area contributed by atoms with Gasteiger partial charge >= 0.3 is 0 Å². The molecule has 0 aliphatic heterocycles. The van der Waals surface area contributed by atoms with Gasteiger partial charge in [-0.1, -0.05) is 54.6 Å². The third-order valence-electron chi connectivity index (χ3n) is 5.17. The Labute approximate surface area is 187 Å². The van der Waals surface area contributed by atoms with Gasteiger partial charge in [-0.2, -0.15) is 5.10 Å². The van der Waals surface area contributed by atoms with E-state index in [0.717, 1.165) is 22.5 Å². The van der Waals surface area contributed by atoms with Crippen LogP contribution in [0, 0.1) is 6.92 Å². The van der Waals surface area contributed by atoms with Gasteiger partial charge in [-0.25, -0.2) is 4.68 Å². The first-order valence-corrected chi connectivity index (χ1v) is 10.4. The number of amides is 1. The van der Waals surface area contributed by atoms with Crippen molar-refractivity contribution in [2.75, 3.05) is 7.11 Å². The molecule has 0 aliphatic rings. The first-order chi connectivity index (χ1) is 15.7. The summed E-state index contributed by atoms with van der Waals surface area (Å²) in [6.45, 7) is 2.71. The van der Waals surface area contributed by atoms with Gasteiger partial charge in [-0.05, 0) is 42.3 Å². The molecule has 0 fully saturated rings. The number of carbonyl (C=O) groups excluding carboxylic acids is 1. The normalized spacial score (nSPS) is 10.6. The molecular weight excluding hydrogens is 402 g/mol. The van der Waals surface area contributed by atoms with Gasteiger partial charge in [0.05, 0.1) is 30.3 Å². The van der Waals surface area contributed by atoms with Crippen molar-refractivity contribution in [2.45, 2.75) is 20.1 Å². The van der Waals surface area contributed by atoms with E-state index in [4.69, 9.17) is 9.47 Å². The third-order valence-corrected chi connectivity index (χ3v) is 5.17. The molecule has 6 nitrogen and oxygen atoms in total. The van der Waals surface area contributed by atoms with Crippen LogP contribution in [-0.4, -0.2) is 22.8 Å². The number of nitrogens with zero attached hydrogens (tertiary/aromatic N) is 2. The molecule has 3 aromatic carbocycles. The molecule has 0 atom stereocenters. The maximum atomic E-state index is 12.7. The second-order valence-electron chi connectivity index (χ2n) is 7.33. The van der Waals surface area contributed by atoms with Crippen molar-refractivity contribution in [3.8, 4) is 17.2 Å². The molecule has 32 heavy (non-hydrogen) atoms. The summed E-state index contributed by atoms with van der Waals surface area (Å²) in [7, 11) is 1.61. The maximum absolute atomic E-state index is 12.7. The Kier molecular flexibility index (Phi) is 6.51. The Bertz CT molecular complexity index is 1190. The molecule has 1 aromatic heterocycles. The Hall–Kier alpha value is -4.06. The highest BCUT2D eigenvalue weighted by Crippen LogP contribution is 2.29. The van der Waals surface area contributed by atoms with Crippen LogP contribution in [0.2, 0.25) is 0 Å². The summed E-state index contributed by atoms with van der Waals surface area (Å²) in [6.07, 6.45) is 1.60. The fourth-order valence-corrected chi connectivity index (χ4v) is 3.42. The van der Waals surface area contributed by atoms with Crippen molar-refractivity contribution in [1.29, 1.82) is 0 Å². The Balaban J connectivity index is 1.40. The fraction of sp³-hybridized carbons (Fsp3) is 0.154. The third kappa shape index (κ3) is 4.81. The van der Waals surface area contributed by atoms with Crippen LogP contribution in [-0.2, 0) is 13.2 Å². The summed E-state index contributed by atoms with van der Waals surface area (Å²) < 4.78 is 13.1. The second-order valence-corrected chi connectivity index (χ2v) is 7.33. The summed E-state index contributed by atoms with van der Waals surface area (Å²) in [5, 5.41) is 7.33. The molecule has 1 amide bonds. The van der Waals surface area contributed by atoms with E-state index in [9.17, 15) is 4.79 Å². The van der Waals surface area contributed by atoms with Gasteiger partial charge in [0.15, 0.2) is 11.5 Å². The molecule has 0 spiro atoms. The summed E-state index contributed by atoms with van der Waals surface area (Å²) in [5.74, 6) is 1.11. The number of carbonyl (C=O) groups is 1. The first kappa shape index (κ1) is 21.2. The number of methoxy groups -OCH3 is 1. The summed E-state index contributed by atoms with van der Waals surface area (Å²) in [5.41, 5.74) is 4.24. The zero-order valence-electron chi connectivity index (χ0n) is 18.1. The minimum Gasteiger partial charge on any atom is -0.493 e. The SMILES string of the molecule is COc1cc(CNC(=O)c2cnn(-c3ccccc3)c2C)ccc1OCc1ccccc1. The van der Waals surface area contributed by atoms with E-state index in [2.05, 4.69) is 10.4 Å². The number of benzene rings is 3. The Morgan fingerprint density at radius 3 is 2.38 bits per heavy atom. The first-order valence-electron chi connectivity index (χ1n) is 10.4. The van der Waals surface area contributed by atoms with E-state index in [1.807, 2.05) is 85.8 Å². The van der Waals surface area contributed by atoms with E-state index >= 15 is 0 Å². The van der Waals surface area contributed by atoms with E-state index in [1.54, 1.807) is 18.0 Å². The van der Waals surface area contributed by atoms with Crippen molar-refractivity contribution in [3.05, 3.63) is 107 Å². The summed E-state index contributed by atoms with van der Waals surface area (Å²) >= 11 is 0. The van der Waals surface area contributed by atoms with Crippen LogP contribution in [0.5, 0.6) is 11.5 Å². The van der Waals surface area contributed by atoms with Crippen LogP contribution in [0.3, 0.4) is 0 Å². The van der Waals surface area contributed by atoms with Gasteiger partial charge in [0, 0.05) is 6.54 Å². The van der Waals surface area contributed by atoms with Crippen LogP contribution < -0.4 is 14.8 Å². The molecule has 1 heterocycles. The number of nitrogens with one attached hydrogen (secondary N) is 1. The van der Waals surface area contributed by atoms with Gasteiger partial charge in [0.25, 0.3) is 5.91 Å². The number of para-hydroxylation sites is 1. The highest BCUT2D eigenvalue weighted by Gasteiger charge is 2.15. The van der Waals surface area contributed by atoms with Crippen molar-refractivity contribution in [3.63, 3.8) is 0 Å². The predicted molar refractivity (Wildman–Crippen MR) is 123 cm³/mol. The maximum Gasteiger partial charge on any atom is 0.255 e. The number of hydrogen-bond acceptors (Lipinski definition) is 4. The zero-order chi connectivity index (χ0) is 22.3. The molecule has 0 bridgehead atoms. The van der Waals surface area contributed by atoms with Crippen LogP contribution in [0.1, 0.15) is 27.2 Å². The van der Waals surface area contributed by atoms with Crippen LogP contribution in [0.15, 0.2) is 85.1 Å². The monoisotopic (exact) mass is 427 g/mol. The van der Waals surface area contributed by atoms with Crippen molar-refractivity contribution < 1.29 is 14.3 Å². The van der Waals surface area contributed by atoms with E-state index in [-0.39, 0.29) is 5.91 Å². The van der Waals surface area contributed by atoms with Gasteiger partial charge < -0.3 is 14.8 Å². The highest BCUT2D eigenvalue weighted by molar-refractivity contribution is 5.95. The van der Waals surface area contributed by atoms with Gasteiger partial charge in [-0.3, -0.25) is 4.79 Å². The topological polar surface area (TPSA) is 65.4 Å². The number of aromatic nitrogens is 2. The van der Waals surface area contributed by atoms with Gasteiger partial charge in [0.2, 0.25) is 0 Å². The second kappa shape index (κ2) is 9.83. The molecule has 1 N–H and O–H groups in total. The average Bonchev–Trinajstić information content (AvgIpc) is 3.24. The minimum atomic E-state index is -0.173. The molecule has 162 valence electrons. The van der Waals surface area contributed by atoms with Crippen molar-refractivity contribution >= 4 is 5.91 Å². The number of ether oxygens (including phenoxy) is 2. The molecule has 0 saturated heterocycles. The Morgan fingerprint density at radius 1 is 0.938 bits per heavy atom. The molecule has 0 unspecified atom stereocenters. The smallest absolute Gasteiger partial charge is 0.255 e. The van der Waals surface area contributed by atoms with Crippen molar-refractivity contribution in [2.24, 2.45) is 0 Å². The predicted octanol–water partition coefficient (Wildman–Crippen LogP) is 4.70. The van der Waals surface area contributed by atoms with Crippen LogP contribution >= 0.6 is 0 Å². The largest absolute Gasteiger partial charge is 0.493 e. The molecule has 4 aromatic rings. The molecule has 0 radical (unpaired) electrons. The fourth-order valence-electron chi connectivity index (χ4n) is 3.42. The van der Waals surface area contributed by atoms with Crippen molar-refractivity contribution in [1.82, 2.24) is 15.1 Å². The Morgan fingerprint density at radius 2 is 1.66 bits per heavy atom. The average molecular weight is 428 g/mol. The van der Waals surface area contributed by atoms with Crippen LogP contribution in [0.4, 0.5) is 0 Å². The lowest BCUT2D eigenvalue weighted by atomic mass is 10.2. The highest BCUT2D eigenvalue weighted by atomic mass is 16.5. The number of rotatable bonds is 8. The minimum absolute atomic E-state index is 0.173. The van der Waals surface area contributed by atoms with E-state index < -0.39 is 0 Å². The quantitative estimate of drug-likeness (QED) is 0.443. The number of hydrogen-bond donors (Lipinski definition) is 1. The van der Waals surface area contributed by atoms with E-state index in [1.165, 1.54) is 0 Å².